The number of benzene rings is 1. The highest BCUT2D eigenvalue weighted by molar-refractivity contribution is 7.16. The summed E-state index contributed by atoms with van der Waals surface area (Å²) in [5.74, 6) is -0.179. The molecule has 2 aromatic rings. The van der Waals surface area contributed by atoms with E-state index in [-0.39, 0.29) is 5.91 Å². The number of thiophene rings is 1. The van der Waals surface area contributed by atoms with Gasteiger partial charge in [0.2, 0.25) is 0 Å². The van der Waals surface area contributed by atoms with Crippen LogP contribution in [0.3, 0.4) is 0 Å². The smallest absolute Gasteiger partial charge is 0.256 e. The zero-order valence-electron chi connectivity index (χ0n) is 11.8. The minimum absolute atomic E-state index is 0.179. The molecule has 3 nitrogen and oxygen atoms in total. The van der Waals surface area contributed by atoms with Gasteiger partial charge in [-0.05, 0) is 37.5 Å². The number of anilines is 1. The Bertz CT molecular complexity index is 710. The molecule has 1 heterocycles. The van der Waals surface area contributed by atoms with E-state index in [2.05, 4.69) is 18.0 Å². The van der Waals surface area contributed by atoms with E-state index in [0.29, 0.717) is 16.1 Å². The molecule has 0 radical (unpaired) electrons. The van der Waals surface area contributed by atoms with E-state index in [1.165, 1.54) is 11.3 Å². The van der Waals surface area contributed by atoms with Crippen molar-refractivity contribution in [2.24, 2.45) is 0 Å². The van der Waals surface area contributed by atoms with Gasteiger partial charge in [0.25, 0.3) is 5.91 Å². The third-order valence-corrected chi connectivity index (χ3v) is 4.23. The van der Waals surface area contributed by atoms with Crippen molar-refractivity contribution < 1.29 is 4.79 Å². The van der Waals surface area contributed by atoms with E-state index in [1.807, 2.05) is 37.3 Å². The van der Waals surface area contributed by atoms with E-state index < -0.39 is 0 Å². The summed E-state index contributed by atoms with van der Waals surface area (Å²) in [6, 6.07) is 11.4. The molecule has 21 heavy (non-hydrogen) atoms. The van der Waals surface area contributed by atoms with Crippen LogP contribution in [0, 0.1) is 18.3 Å². The number of nitriles is 1. The highest BCUT2D eigenvalue weighted by Gasteiger charge is 2.14. The minimum atomic E-state index is -0.179. The summed E-state index contributed by atoms with van der Waals surface area (Å²) in [6.07, 6.45) is 3.54. The maximum Gasteiger partial charge on any atom is 0.256 e. The number of hydrogen-bond acceptors (Lipinski definition) is 3. The Labute approximate surface area is 128 Å². The summed E-state index contributed by atoms with van der Waals surface area (Å²) < 4.78 is 0. The number of carbonyl (C=O) groups is 1. The van der Waals surface area contributed by atoms with E-state index in [4.69, 9.17) is 0 Å². The molecule has 4 heteroatoms. The predicted octanol–water partition coefficient (Wildman–Crippen LogP) is 4.30. The Morgan fingerprint density at radius 2 is 2.24 bits per heavy atom. The summed E-state index contributed by atoms with van der Waals surface area (Å²) in [4.78, 5) is 13.4. The molecule has 0 bridgehead atoms. The Morgan fingerprint density at radius 1 is 1.48 bits per heavy atom. The van der Waals surface area contributed by atoms with Crippen molar-refractivity contribution in [3.8, 4) is 6.07 Å². The monoisotopic (exact) mass is 296 g/mol. The molecule has 0 unspecified atom stereocenters. The SMILES string of the molecule is C=CCCc1cc(C#N)c(NC(=O)c2ccccc2C)s1. The summed E-state index contributed by atoms with van der Waals surface area (Å²) in [5, 5.41) is 12.6. The lowest BCUT2D eigenvalue weighted by Crippen LogP contribution is -2.12. The number of hydrogen-bond donors (Lipinski definition) is 1. The van der Waals surface area contributed by atoms with Crippen molar-refractivity contribution in [3.63, 3.8) is 0 Å². The number of aryl methyl sites for hydroxylation is 2. The Morgan fingerprint density at radius 3 is 2.90 bits per heavy atom. The van der Waals surface area contributed by atoms with Crippen molar-refractivity contribution >= 4 is 22.2 Å². The van der Waals surface area contributed by atoms with Crippen LogP contribution in [0.5, 0.6) is 0 Å². The molecule has 1 aromatic heterocycles. The molecule has 0 spiro atoms. The van der Waals surface area contributed by atoms with E-state index in [0.717, 1.165) is 23.3 Å². The first kappa shape index (κ1) is 15.0. The Kier molecular flexibility index (Phi) is 4.91. The van der Waals surface area contributed by atoms with Gasteiger partial charge in [-0.3, -0.25) is 4.79 Å². The third-order valence-electron chi connectivity index (χ3n) is 3.12. The first-order valence-electron chi connectivity index (χ1n) is 6.66. The van der Waals surface area contributed by atoms with Crippen LogP contribution in [0.4, 0.5) is 5.00 Å². The molecule has 0 fully saturated rings. The fraction of sp³-hybridized carbons (Fsp3) is 0.176. The molecular weight excluding hydrogens is 280 g/mol. The van der Waals surface area contributed by atoms with Gasteiger partial charge < -0.3 is 5.32 Å². The van der Waals surface area contributed by atoms with Crippen LogP contribution in [0.25, 0.3) is 0 Å². The second-order valence-electron chi connectivity index (χ2n) is 4.66. The third kappa shape index (κ3) is 3.59. The molecule has 0 aliphatic rings. The van der Waals surface area contributed by atoms with Gasteiger partial charge in [0.15, 0.2) is 0 Å². The second-order valence-corrected chi connectivity index (χ2v) is 5.80. The Hall–Kier alpha value is -2.38. The zero-order chi connectivity index (χ0) is 15.2. The van der Waals surface area contributed by atoms with Crippen LogP contribution < -0.4 is 5.32 Å². The number of nitrogens with zero attached hydrogens (tertiary/aromatic N) is 1. The largest absolute Gasteiger partial charge is 0.312 e. The van der Waals surface area contributed by atoms with Crippen molar-refractivity contribution in [2.75, 3.05) is 5.32 Å². The number of nitrogens with one attached hydrogen (secondary N) is 1. The van der Waals surface area contributed by atoms with E-state index in [1.54, 1.807) is 6.07 Å². The molecule has 106 valence electrons. The summed E-state index contributed by atoms with van der Waals surface area (Å²) >= 11 is 1.45. The first-order chi connectivity index (χ1) is 10.2. The Balaban J connectivity index is 2.21. The first-order valence-corrected chi connectivity index (χ1v) is 7.48. The number of rotatable bonds is 5. The van der Waals surface area contributed by atoms with Gasteiger partial charge in [-0.15, -0.1) is 17.9 Å². The maximum atomic E-state index is 12.3. The maximum absolute atomic E-state index is 12.3. The molecule has 0 atom stereocenters. The van der Waals surface area contributed by atoms with Gasteiger partial charge in [0, 0.05) is 10.4 Å². The van der Waals surface area contributed by atoms with Crippen LogP contribution in [0.15, 0.2) is 43.0 Å². The minimum Gasteiger partial charge on any atom is -0.312 e. The number of allylic oxidation sites excluding steroid dienone is 1. The quantitative estimate of drug-likeness (QED) is 0.836. The van der Waals surface area contributed by atoms with Crippen LogP contribution in [-0.4, -0.2) is 5.91 Å². The van der Waals surface area contributed by atoms with Gasteiger partial charge in [-0.25, -0.2) is 0 Å². The zero-order valence-corrected chi connectivity index (χ0v) is 12.7. The molecule has 2 rings (SSSR count). The average Bonchev–Trinajstić information content (AvgIpc) is 2.87. The average molecular weight is 296 g/mol. The van der Waals surface area contributed by atoms with Crippen LogP contribution in [0.2, 0.25) is 0 Å². The summed E-state index contributed by atoms with van der Waals surface area (Å²) in [7, 11) is 0. The molecule has 1 aromatic carbocycles. The predicted molar refractivity (Wildman–Crippen MR) is 86.7 cm³/mol. The molecule has 0 saturated heterocycles. The lowest BCUT2D eigenvalue weighted by atomic mass is 10.1. The van der Waals surface area contributed by atoms with Crippen LogP contribution >= 0.6 is 11.3 Å². The van der Waals surface area contributed by atoms with Crippen LogP contribution in [0.1, 0.15) is 32.8 Å². The molecular formula is C17H16N2OS. The fourth-order valence-electron chi connectivity index (χ4n) is 1.98. The van der Waals surface area contributed by atoms with Gasteiger partial charge in [-0.2, -0.15) is 5.26 Å². The molecule has 0 aliphatic heterocycles. The van der Waals surface area contributed by atoms with Crippen molar-refractivity contribution in [1.82, 2.24) is 0 Å². The van der Waals surface area contributed by atoms with Gasteiger partial charge in [0.1, 0.15) is 11.1 Å². The highest BCUT2D eigenvalue weighted by atomic mass is 32.1. The molecule has 0 saturated carbocycles. The topological polar surface area (TPSA) is 52.9 Å². The lowest BCUT2D eigenvalue weighted by molar-refractivity contribution is 0.102. The van der Waals surface area contributed by atoms with Crippen molar-refractivity contribution in [2.45, 2.75) is 19.8 Å². The summed E-state index contributed by atoms with van der Waals surface area (Å²) in [5.41, 5.74) is 2.06. The van der Waals surface area contributed by atoms with E-state index in [9.17, 15) is 10.1 Å². The van der Waals surface area contributed by atoms with Gasteiger partial charge in [0.05, 0.1) is 5.56 Å². The second kappa shape index (κ2) is 6.87. The van der Waals surface area contributed by atoms with Crippen LogP contribution in [-0.2, 0) is 6.42 Å². The number of amides is 1. The molecule has 1 N–H and O–H groups in total. The van der Waals surface area contributed by atoms with E-state index >= 15 is 0 Å². The fourth-order valence-corrected chi connectivity index (χ4v) is 3.00. The lowest BCUT2D eigenvalue weighted by Gasteiger charge is -2.05. The standard InChI is InChI=1S/C17H16N2OS/c1-3-4-8-14-10-13(11-18)17(21-14)19-16(20)15-9-6-5-7-12(15)2/h3,5-7,9-10H,1,4,8H2,2H3,(H,19,20). The summed E-state index contributed by atoms with van der Waals surface area (Å²) in [6.45, 7) is 5.59. The number of carbonyl (C=O) groups excluding carboxylic acids is 1. The van der Waals surface area contributed by atoms with Gasteiger partial charge in [-0.1, -0.05) is 24.3 Å². The normalized spacial score (nSPS) is 9.90. The van der Waals surface area contributed by atoms with Gasteiger partial charge >= 0.3 is 0 Å². The highest BCUT2D eigenvalue weighted by Crippen LogP contribution is 2.29. The van der Waals surface area contributed by atoms with Crippen molar-refractivity contribution in [3.05, 3.63) is 64.6 Å². The molecule has 0 aliphatic carbocycles. The molecule has 1 amide bonds. The van der Waals surface area contributed by atoms with Crippen molar-refractivity contribution in [1.29, 1.82) is 5.26 Å².